The van der Waals surface area contributed by atoms with Crippen molar-refractivity contribution in [3.8, 4) is 0 Å². The molecule has 0 aromatic rings. The first kappa shape index (κ1) is 35.1. The Morgan fingerprint density at radius 2 is 1.69 bits per heavy atom. The summed E-state index contributed by atoms with van der Waals surface area (Å²) in [5.74, 6) is 4.34. The van der Waals surface area contributed by atoms with Gasteiger partial charge in [-0.2, -0.15) is 0 Å². The lowest BCUT2D eigenvalue weighted by Gasteiger charge is -2.68. The number of nitrogens with one attached hydrogen (secondary N) is 2. The third-order valence-corrected chi connectivity index (χ3v) is 17.2. The highest BCUT2D eigenvalue weighted by molar-refractivity contribution is 7.91. The van der Waals surface area contributed by atoms with Crippen LogP contribution in [0, 0.1) is 45.8 Å². The summed E-state index contributed by atoms with van der Waals surface area (Å²) >= 11 is -0.605. The van der Waals surface area contributed by atoms with Crippen molar-refractivity contribution in [3.05, 3.63) is 23.3 Å². The van der Waals surface area contributed by atoms with Crippen LogP contribution in [0.25, 0.3) is 0 Å². The van der Waals surface area contributed by atoms with Gasteiger partial charge in [0, 0.05) is 38.6 Å². The molecule has 1 saturated heterocycles. The van der Waals surface area contributed by atoms with Gasteiger partial charge < -0.3 is 20.3 Å². The van der Waals surface area contributed by atoms with Gasteiger partial charge >= 0.3 is 5.97 Å². The molecule has 7 aliphatic rings. The molecule has 0 bridgehead atoms. The second-order valence-corrected chi connectivity index (χ2v) is 20.1. The van der Waals surface area contributed by atoms with Gasteiger partial charge in [-0.3, -0.25) is 9.69 Å². The highest BCUT2D eigenvalue weighted by Gasteiger charge is 2.65. The van der Waals surface area contributed by atoms with E-state index in [9.17, 15) is 19.2 Å². The van der Waals surface area contributed by atoms with Crippen molar-refractivity contribution in [3.63, 3.8) is 0 Å². The van der Waals surface area contributed by atoms with Crippen LogP contribution in [0.15, 0.2) is 23.3 Å². The monoisotopic (exact) mass is 681 g/mol. The van der Waals surface area contributed by atoms with Crippen molar-refractivity contribution < 1.29 is 19.2 Å². The normalized spacial score (nSPS) is 44.3. The fraction of sp³-hybridized carbons (Fsp3) is 0.850. The van der Waals surface area contributed by atoms with Crippen molar-refractivity contribution >= 4 is 23.1 Å². The van der Waals surface area contributed by atoms with Crippen LogP contribution < -0.4 is 10.6 Å². The molecule has 1 heterocycles. The summed E-state index contributed by atoms with van der Waals surface area (Å²) in [6.07, 6.45) is 19.5. The van der Waals surface area contributed by atoms with Crippen molar-refractivity contribution in [1.29, 1.82) is 0 Å². The zero-order valence-electron chi connectivity index (χ0n) is 30.5. The SMILES string of the molecule is CC(=O)NC1(C(=O)O)CC=C(C2=CCC3(C)C(CCC4(C)C5CCC6(NCCN7CC[S+]([O-])CC7)CCC[C@@H]6C5CCC43)C2(C)C)CC1. The molecular formula is C40H63N3O4S. The molecule has 8 unspecified atom stereocenters. The highest BCUT2D eigenvalue weighted by atomic mass is 32.2. The number of rotatable bonds is 7. The largest absolute Gasteiger partial charge is 0.616 e. The van der Waals surface area contributed by atoms with Crippen molar-refractivity contribution in [2.45, 2.75) is 129 Å². The number of carboxylic acids is 1. The molecule has 6 aliphatic carbocycles. The molecule has 5 fully saturated rings. The van der Waals surface area contributed by atoms with Gasteiger partial charge in [0.05, 0.1) is 0 Å². The van der Waals surface area contributed by atoms with E-state index in [4.69, 9.17) is 0 Å². The number of carbonyl (C=O) groups excluding carboxylic acids is 1. The molecule has 268 valence electrons. The quantitative estimate of drug-likeness (QED) is 0.267. The van der Waals surface area contributed by atoms with E-state index in [0.717, 1.165) is 67.8 Å². The van der Waals surface area contributed by atoms with Crippen LogP contribution in [0.3, 0.4) is 0 Å². The van der Waals surface area contributed by atoms with Crippen molar-refractivity contribution in [1.82, 2.24) is 15.5 Å². The molecule has 0 aromatic carbocycles. The highest BCUT2D eigenvalue weighted by Crippen LogP contribution is 2.72. The molecule has 8 heteroatoms. The maximum atomic E-state index is 12.2. The van der Waals surface area contributed by atoms with Crippen LogP contribution in [-0.4, -0.2) is 75.2 Å². The number of aliphatic carboxylic acids is 1. The van der Waals surface area contributed by atoms with Gasteiger partial charge in [-0.1, -0.05) is 57.4 Å². The van der Waals surface area contributed by atoms with Gasteiger partial charge in [0.2, 0.25) is 5.91 Å². The van der Waals surface area contributed by atoms with E-state index in [1.54, 1.807) is 0 Å². The van der Waals surface area contributed by atoms with Crippen LogP contribution in [-0.2, 0) is 20.8 Å². The Hall–Kier alpha value is -1.35. The van der Waals surface area contributed by atoms with Gasteiger partial charge in [-0.05, 0) is 134 Å². The van der Waals surface area contributed by atoms with Crippen molar-refractivity contribution in [2.24, 2.45) is 45.8 Å². The number of hydrogen-bond acceptors (Lipinski definition) is 5. The number of nitrogens with zero attached hydrogens (tertiary/aromatic N) is 1. The lowest BCUT2D eigenvalue weighted by atomic mass is 9.37. The number of carboxylic acid groups (broad SMARTS) is 1. The molecule has 1 amide bonds. The van der Waals surface area contributed by atoms with Gasteiger partial charge in [0.25, 0.3) is 0 Å². The average Bonchev–Trinajstić information content (AvgIpc) is 3.46. The molecule has 7 nitrogen and oxygen atoms in total. The molecule has 0 aromatic heterocycles. The Kier molecular flexibility index (Phi) is 9.28. The zero-order valence-corrected chi connectivity index (χ0v) is 31.3. The standard InChI is InChI=1S/C40H63N3O4S/c1-27(44)42-40(35(45)46)18-10-28(11-19-40)30-12-16-38(5)33(36(30,2)3)14-17-37(4)31-13-20-39(41-21-22-43-23-25-48(47)26-24-43)15-6-7-32(39)29(31)8-9-34(37)38/h10,12,29,31-34,41H,6-9,11,13-26H2,1-5H3,(H,42,44)(H,45,46)/t29?,31?,32-,33?,34?,37?,38?,39?,40?/m1/s1. The van der Waals surface area contributed by atoms with E-state index < -0.39 is 22.7 Å². The summed E-state index contributed by atoms with van der Waals surface area (Å²) < 4.78 is 11.9. The Morgan fingerprint density at radius 3 is 2.38 bits per heavy atom. The van der Waals surface area contributed by atoms with E-state index in [1.165, 1.54) is 75.9 Å². The van der Waals surface area contributed by atoms with Crippen LogP contribution in [0.1, 0.15) is 118 Å². The minimum Gasteiger partial charge on any atom is -0.616 e. The fourth-order valence-corrected chi connectivity index (χ4v) is 15.0. The van der Waals surface area contributed by atoms with Gasteiger partial charge in [0.15, 0.2) is 0 Å². The Balaban J connectivity index is 1.07. The molecule has 48 heavy (non-hydrogen) atoms. The lowest BCUT2D eigenvalue weighted by Crippen LogP contribution is -2.64. The second-order valence-electron chi connectivity index (χ2n) is 18.4. The average molecular weight is 682 g/mol. The van der Waals surface area contributed by atoms with E-state index in [0.29, 0.717) is 36.1 Å². The second kappa shape index (κ2) is 12.7. The summed E-state index contributed by atoms with van der Waals surface area (Å²) in [5, 5.41) is 17.0. The Bertz CT molecular complexity index is 1340. The fourth-order valence-electron chi connectivity index (χ4n) is 13.8. The number of allylic oxidation sites excluding steroid dienone is 3. The van der Waals surface area contributed by atoms with E-state index >= 15 is 0 Å². The molecule has 4 saturated carbocycles. The molecule has 1 aliphatic heterocycles. The number of fused-ring (bicyclic) bond motifs is 7. The molecule has 3 N–H and O–H groups in total. The molecular weight excluding hydrogens is 619 g/mol. The predicted octanol–water partition coefficient (Wildman–Crippen LogP) is 6.46. The Morgan fingerprint density at radius 1 is 0.917 bits per heavy atom. The van der Waals surface area contributed by atoms with Crippen LogP contribution in [0.4, 0.5) is 0 Å². The molecule has 0 radical (unpaired) electrons. The first-order valence-electron chi connectivity index (χ1n) is 19.5. The van der Waals surface area contributed by atoms with E-state index in [2.05, 4.69) is 55.4 Å². The van der Waals surface area contributed by atoms with Crippen LogP contribution in [0.2, 0.25) is 0 Å². The van der Waals surface area contributed by atoms with Crippen LogP contribution in [0.5, 0.6) is 0 Å². The van der Waals surface area contributed by atoms with Crippen LogP contribution >= 0.6 is 0 Å². The first-order chi connectivity index (χ1) is 22.7. The molecule has 7 rings (SSSR count). The first-order valence-corrected chi connectivity index (χ1v) is 21.0. The maximum Gasteiger partial charge on any atom is 0.329 e. The zero-order chi connectivity index (χ0) is 34.1. The minimum atomic E-state index is -1.18. The minimum absolute atomic E-state index is 0.0364. The maximum absolute atomic E-state index is 12.2. The smallest absolute Gasteiger partial charge is 0.329 e. The molecule has 9 atom stereocenters. The van der Waals surface area contributed by atoms with Gasteiger partial charge in [0.1, 0.15) is 17.0 Å². The summed E-state index contributed by atoms with van der Waals surface area (Å²) in [5.41, 5.74) is 2.63. The predicted molar refractivity (Wildman–Crippen MR) is 193 cm³/mol. The third kappa shape index (κ3) is 5.66. The topological polar surface area (TPSA) is 105 Å². The van der Waals surface area contributed by atoms with E-state index in [1.807, 2.05) is 0 Å². The number of hydrogen-bond donors (Lipinski definition) is 3. The summed E-state index contributed by atoms with van der Waals surface area (Å²) in [4.78, 5) is 26.6. The molecule has 0 spiro atoms. The summed E-state index contributed by atoms with van der Waals surface area (Å²) in [6.45, 7) is 15.9. The summed E-state index contributed by atoms with van der Waals surface area (Å²) in [7, 11) is 0. The van der Waals surface area contributed by atoms with Crippen molar-refractivity contribution in [2.75, 3.05) is 37.7 Å². The lowest BCUT2D eigenvalue weighted by molar-refractivity contribution is -0.175. The summed E-state index contributed by atoms with van der Waals surface area (Å²) in [6, 6.07) is 0. The number of amides is 1. The van der Waals surface area contributed by atoms with Gasteiger partial charge in [-0.25, -0.2) is 4.79 Å². The number of carbonyl (C=O) groups is 2. The van der Waals surface area contributed by atoms with E-state index in [-0.39, 0.29) is 16.7 Å². The van der Waals surface area contributed by atoms with Gasteiger partial charge in [-0.15, -0.1) is 0 Å². The third-order valence-electron chi connectivity index (χ3n) is 16.0. The Labute approximate surface area is 293 Å².